The fraction of sp³-hybridized carbons (Fsp3) is 0.706. The molecule has 2 N–H and O–H groups in total. The number of ether oxygens (including phenoxy) is 6. The molecule has 1 heterocycles. The highest BCUT2D eigenvalue weighted by Crippen LogP contribution is 2.33. The molecule has 12 nitrogen and oxygen atoms in total. The van der Waals surface area contributed by atoms with Gasteiger partial charge in [-0.25, -0.2) is 4.79 Å². The zero-order valence-electron chi connectivity index (χ0n) is 18.2. The predicted octanol–water partition coefficient (Wildman–Crippen LogP) is 2.97. The van der Waals surface area contributed by atoms with E-state index in [-0.39, 0.29) is 0 Å². The number of halogens is 6. The minimum absolute atomic E-state index is 0.517. The van der Waals surface area contributed by atoms with Crippen LogP contribution in [-0.4, -0.2) is 81.3 Å². The molecule has 35 heavy (non-hydrogen) atoms. The fourth-order valence-corrected chi connectivity index (χ4v) is 2.96. The molecule has 200 valence electrons. The van der Waals surface area contributed by atoms with Crippen LogP contribution in [0.1, 0.15) is 20.8 Å². The van der Waals surface area contributed by atoms with Crippen LogP contribution in [0.4, 0.5) is 4.79 Å². The lowest BCUT2D eigenvalue weighted by Gasteiger charge is -2.44. The molecule has 1 rings (SSSR count). The molecule has 0 spiro atoms. The van der Waals surface area contributed by atoms with E-state index in [1.54, 1.807) is 0 Å². The standard InChI is InChI=1S/C17H20Cl6N2O10/c1-6(26)30-4-9-11(32-7(2)27)12(33-8(3)28)10(25-15(29)31-5-16(18,19)20)13(34-9)35-14(24)17(21,22)23/h9-13,24H,4-5H2,1-3H3,(H,25,29)/t9-,10-,11+,12-,13?/m1/s1. The molecule has 1 aliphatic rings. The Morgan fingerprint density at radius 1 is 0.857 bits per heavy atom. The Bertz CT molecular complexity index is 818. The predicted molar refractivity (Wildman–Crippen MR) is 124 cm³/mol. The third kappa shape index (κ3) is 11.6. The third-order valence-electron chi connectivity index (χ3n) is 3.84. The maximum Gasteiger partial charge on any atom is 0.407 e. The number of esters is 3. The van der Waals surface area contributed by atoms with Crippen LogP contribution in [0, 0.1) is 5.41 Å². The topological polar surface area (TPSA) is 160 Å². The summed E-state index contributed by atoms with van der Waals surface area (Å²) in [7, 11) is 0. The second-order valence-electron chi connectivity index (χ2n) is 6.80. The van der Waals surface area contributed by atoms with Crippen molar-refractivity contribution in [1.29, 1.82) is 5.41 Å². The highest BCUT2D eigenvalue weighted by atomic mass is 35.6. The SMILES string of the molecule is CC(=O)OC[C@H]1OC(OC(=N)C(Cl)(Cl)Cl)[C@H](NC(=O)OCC(Cl)(Cl)Cl)[C@@H](OC(C)=O)[C@H]1OC(C)=O. The fourth-order valence-electron chi connectivity index (χ4n) is 2.66. The van der Waals surface area contributed by atoms with Crippen LogP contribution in [0.25, 0.3) is 0 Å². The van der Waals surface area contributed by atoms with Gasteiger partial charge in [0.1, 0.15) is 25.4 Å². The van der Waals surface area contributed by atoms with E-state index in [9.17, 15) is 19.2 Å². The quantitative estimate of drug-likeness (QED) is 0.142. The van der Waals surface area contributed by atoms with Gasteiger partial charge in [-0.05, 0) is 0 Å². The molecule has 1 aliphatic heterocycles. The summed E-state index contributed by atoms with van der Waals surface area (Å²) in [5, 5.41) is 10.1. The normalized spacial score (nSPS) is 24.5. The molecule has 18 heteroatoms. The Balaban J connectivity index is 3.41. The molecule has 1 fully saturated rings. The minimum atomic E-state index is -2.36. The summed E-state index contributed by atoms with van der Waals surface area (Å²) in [4.78, 5) is 47.3. The van der Waals surface area contributed by atoms with Gasteiger partial charge in [0.2, 0.25) is 16.0 Å². The average Bonchev–Trinajstić information content (AvgIpc) is 2.67. The van der Waals surface area contributed by atoms with Gasteiger partial charge in [0.15, 0.2) is 12.2 Å². The van der Waals surface area contributed by atoms with Gasteiger partial charge < -0.3 is 33.7 Å². The van der Waals surface area contributed by atoms with E-state index >= 15 is 0 Å². The maximum absolute atomic E-state index is 12.4. The molecule has 0 aromatic carbocycles. The molecular weight excluding hydrogens is 605 g/mol. The molecule has 0 aromatic heterocycles. The lowest BCUT2D eigenvalue weighted by molar-refractivity contribution is -0.260. The van der Waals surface area contributed by atoms with E-state index in [0.717, 1.165) is 20.8 Å². The van der Waals surface area contributed by atoms with Crippen molar-refractivity contribution in [1.82, 2.24) is 5.32 Å². The Kier molecular flexibility index (Phi) is 12.2. The van der Waals surface area contributed by atoms with Crippen molar-refractivity contribution >= 4 is 99.5 Å². The van der Waals surface area contributed by atoms with Crippen molar-refractivity contribution in [3.05, 3.63) is 0 Å². The van der Waals surface area contributed by atoms with E-state index < -0.39 is 81.3 Å². The van der Waals surface area contributed by atoms with Gasteiger partial charge in [-0.3, -0.25) is 19.8 Å². The summed E-state index contributed by atoms with van der Waals surface area (Å²) < 4.78 is 26.8. The number of nitrogens with one attached hydrogen (secondary N) is 2. The Labute approximate surface area is 229 Å². The molecule has 0 aliphatic carbocycles. The summed E-state index contributed by atoms with van der Waals surface area (Å²) in [5.41, 5.74) is 0. The highest BCUT2D eigenvalue weighted by molar-refractivity contribution is 6.76. The van der Waals surface area contributed by atoms with Crippen LogP contribution in [-0.2, 0) is 42.8 Å². The number of alkyl halides is 6. The summed E-state index contributed by atoms with van der Waals surface area (Å²) in [6.07, 6.45) is -7.25. The lowest BCUT2D eigenvalue weighted by Crippen LogP contribution is -2.67. The molecule has 0 saturated carbocycles. The van der Waals surface area contributed by atoms with Gasteiger partial charge in [0, 0.05) is 20.8 Å². The summed E-state index contributed by atoms with van der Waals surface area (Å²) in [6, 6.07) is -1.55. The van der Waals surface area contributed by atoms with Crippen molar-refractivity contribution in [3.8, 4) is 0 Å². The number of carbonyl (C=O) groups is 4. The lowest BCUT2D eigenvalue weighted by atomic mass is 9.96. The Morgan fingerprint density at radius 3 is 1.86 bits per heavy atom. The molecule has 5 atom stereocenters. The summed E-state index contributed by atoms with van der Waals surface area (Å²) in [6.45, 7) is 1.97. The van der Waals surface area contributed by atoms with Crippen molar-refractivity contribution < 1.29 is 47.6 Å². The second kappa shape index (κ2) is 13.4. The van der Waals surface area contributed by atoms with Gasteiger partial charge in [-0.15, -0.1) is 0 Å². The molecular formula is C17H20Cl6N2O10. The third-order valence-corrected chi connectivity index (χ3v) is 4.69. The first-order valence-electron chi connectivity index (χ1n) is 9.36. The number of amides is 1. The number of alkyl carbamates (subject to hydrolysis) is 1. The van der Waals surface area contributed by atoms with E-state index in [4.69, 9.17) is 103 Å². The van der Waals surface area contributed by atoms with Gasteiger partial charge in [-0.2, -0.15) is 0 Å². The van der Waals surface area contributed by atoms with Crippen LogP contribution < -0.4 is 5.32 Å². The monoisotopic (exact) mass is 622 g/mol. The van der Waals surface area contributed by atoms with Crippen molar-refractivity contribution in [2.45, 2.75) is 59.0 Å². The first kappa shape index (κ1) is 31.9. The summed E-state index contributed by atoms with van der Waals surface area (Å²) >= 11 is 33.7. The molecule has 1 unspecified atom stereocenters. The van der Waals surface area contributed by atoms with Gasteiger partial charge >= 0.3 is 24.0 Å². The number of hydrogen-bond acceptors (Lipinski definition) is 11. The van der Waals surface area contributed by atoms with Crippen molar-refractivity contribution in [2.75, 3.05) is 13.2 Å². The van der Waals surface area contributed by atoms with Crippen LogP contribution in [0.3, 0.4) is 0 Å². The number of rotatable bonds is 7. The molecule has 1 amide bonds. The number of carbonyl (C=O) groups excluding carboxylic acids is 4. The van der Waals surface area contributed by atoms with Crippen LogP contribution in [0.15, 0.2) is 0 Å². The smallest absolute Gasteiger partial charge is 0.407 e. The highest BCUT2D eigenvalue weighted by Gasteiger charge is 2.53. The molecule has 1 saturated heterocycles. The van der Waals surface area contributed by atoms with E-state index in [2.05, 4.69) is 5.32 Å². The first-order valence-corrected chi connectivity index (χ1v) is 11.6. The minimum Gasteiger partial charge on any atom is -0.463 e. The molecule has 0 bridgehead atoms. The first-order chi connectivity index (χ1) is 15.9. The van der Waals surface area contributed by atoms with E-state index in [0.29, 0.717) is 0 Å². The maximum atomic E-state index is 12.4. The van der Waals surface area contributed by atoms with Crippen molar-refractivity contribution in [3.63, 3.8) is 0 Å². The van der Waals surface area contributed by atoms with E-state index in [1.165, 1.54) is 0 Å². The second-order valence-corrected chi connectivity index (χ2v) is 11.6. The van der Waals surface area contributed by atoms with E-state index in [1.807, 2.05) is 0 Å². The van der Waals surface area contributed by atoms with Crippen LogP contribution in [0.2, 0.25) is 0 Å². The summed E-state index contributed by atoms with van der Waals surface area (Å²) in [5.74, 6) is -3.39. The molecule has 0 radical (unpaired) electrons. The Hall–Kier alpha value is -1.15. The van der Waals surface area contributed by atoms with Gasteiger partial charge in [-0.1, -0.05) is 69.6 Å². The number of hydrogen-bond donors (Lipinski definition) is 2. The Morgan fingerprint density at radius 2 is 1.40 bits per heavy atom. The van der Waals surface area contributed by atoms with Gasteiger partial charge in [0.05, 0.1) is 0 Å². The van der Waals surface area contributed by atoms with Crippen LogP contribution >= 0.6 is 69.6 Å². The zero-order valence-corrected chi connectivity index (χ0v) is 22.7. The largest absolute Gasteiger partial charge is 0.463 e. The zero-order chi connectivity index (χ0) is 27.1. The van der Waals surface area contributed by atoms with Gasteiger partial charge in [0.25, 0.3) is 3.79 Å². The van der Waals surface area contributed by atoms with Crippen LogP contribution in [0.5, 0.6) is 0 Å². The molecule has 0 aromatic rings. The van der Waals surface area contributed by atoms with Crippen molar-refractivity contribution in [2.24, 2.45) is 0 Å². The average molecular weight is 625 g/mol.